The molecule has 1 aromatic rings. The first-order chi connectivity index (χ1) is 12.5. The van der Waals surface area contributed by atoms with E-state index in [1.165, 1.54) is 0 Å². The van der Waals surface area contributed by atoms with Crippen molar-refractivity contribution in [1.29, 1.82) is 0 Å². The molecule has 0 aliphatic carbocycles. The fraction of sp³-hybridized carbons (Fsp3) is 0.632. The number of benzene rings is 1. The van der Waals surface area contributed by atoms with Crippen LogP contribution < -0.4 is 14.8 Å². The van der Waals surface area contributed by atoms with Gasteiger partial charge in [-0.15, -0.1) is 0 Å². The molecule has 1 N–H and O–H groups in total. The number of halogens is 1. The van der Waals surface area contributed by atoms with Crippen LogP contribution in [0.15, 0.2) is 12.1 Å². The molecule has 0 saturated carbocycles. The maximum atomic E-state index is 11.8. The van der Waals surface area contributed by atoms with E-state index in [0.29, 0.717) is 17.2 Å². The summed E-state index contributed by atoms with van der Waals surface area (Å²) in [4.78, 5) is 16.7. The Morgan fingerprint density at radius 1 is 1.19 bits per heavy atom. The second-order valence-corrected chi connectivity index (χ2v) is 7.66. The standard InChI is InChI=1S/C19H28ClN3O3/c1-22-8-9-23(13-19(22)5-4-18(24)21-7-6-19)12-14-10-15(20)17(26-3)11-16(14)25-2/h10-11H,4-9,12-13H2,1-3H3,(H,21,24). The fourth-order valence-corrected chi connectivity index (χ4v) is 4.36. The van der Waals surface area contributed by atoms with Crippen molar-refractivity contribution >= 4 is 17.5 Å². The number of ether oxygens (including phenoxy) is 2. The zero-order valence-electron chi connectivity index (χ0n) is 15.8. The van der Waals surface area contributed by atoms with Crippen LogP contribution in [0, 0.1) is 0 Å². The lowest BCUT2D eigenvalue weighted by Gasteiger charge is -2.49. The molecule has 2 fully saturated rings. The number of hydrogen-bond donors (Lipinski definition) is 1. The van der Waals surface area contributed by atoms with Crippen LogP contribution in [0.5, 0.6) is 11.5 Å². The molecule has 2 saturated heterocycles. The first kappa shape index (κ1) is 19.3. The van der Waals surface area contributed by atoms with Crippen LogP contribution in [0.25, 0.3) is 0 Å². The van der Waals surface area contributed by atoms with Crippen molar-refractivity contribution in [2.75, 3.05) is 47.4 Å². The summed E-state index contributed by atoms with van der Waals surface area (Å²) < 4.78 is 10.8. The minimum Gasteiger partial charge on any atom is -0.496 e. The van der Waals surface area contributed by atoms with E-state index in [1.54, 1.807) is 14.2 Å². The fourth-order valence-electron chi connectivity index (χ4n) is 4.10. The Bertz CT molecular complexity index is 670. The van der Waals surface area contributed by atoms with Crippen molar-refractivity contribution < 1.29 is 14.3 Å². The van der Waals surface area contributed by atoms with Gasteiger partial charge < -0.3 is 14.8 Å². The normalized spacial score (nSPS) is 25.0. The monoisotopic (exact) mass is 381 g/mol. The lowest BCUT2D eigenvalue weighted by molar-refractivity contribution is -0.121. The maximum absolute atomic E-state index is 11.8. The highest BCUT2D eigenvalue weighted by Crippen LogP contribution is 2.35. The van der Waals surface area contributed by atoms with Crippen molar-refractivity contribution in [3.05, 3.63) is 22.7 Å². The molecule has 1 unspecified atom stereocenters. The van der Waals surface area contributed by atoms with E-state index >= 15 is 0 Å². The third kappa shape index (κ3) is 3.92. The molecule has 3 rings (SSSR count). The predicted molar refractivity (Wildman–Crippen MR) is 102 cm³/mol. The molecule has 1 spiro atoms. The number of nitrogens with one attached hydrogen (secondary N) is 1. The number of piperazine rings is 1. The van der Waals surface area contributed by atoms with Gasteiger partial charge in [0.05, 0.1) is 19.2 Å². The van der Waals surface area contributed by atoms with Gasteiger partial charge >= 0.3 is 0 Å². The third-order valence-corrected chi connectivity index (χ3v) is 6.05. The number of carbonyl (C=O) groups excluding carboxylic acids is 1. The first-order valence-electron chi connectivity index (χ1n) is 9.08. The van der Waals surface area contributed by atoms with Crippen LogP contribution in [0.4, 0.5) is 0 Å². The van der Waals surface area contributed by atoms with E-state index in [9.17, 15) is 4.79 Å². The van der Waals surface area contributed by atoms with Gasteiger partial charge in [0.2, 0.25) is 5.91 Å². The molecule has 26 heavy (non-hydrogen) atoms. The number of amides is 1. The van der Waals surface area contributed by atoms with Crippen molar-refractivity contribution in [1.82, 2.24) is 15.1 Å². The van der Waals surface area contributed by atoms with Crippen LogP contribution in [0.2, 0.25) is 5.02 Å². The number of likely N-dealkylation sites (N-methyl/N-ethyl adjacent to an activating group) is 1. The molecule has 0 bridgehead atoms. The molecule has 2 heterocycles. The largest absolute Gasteiger partial charge is 0.496 e. The molecule has 1 atom stereocenters. The van der Waals surface area contributed by atoms with E-state index in [1.807, 2.05) is 12.1 Å². The van der Waals surface area contributed by atoms with Crippen LogP contribution in [0.3, 0.4) is 0 Å². The highest BCUT2D eigenvalue weighted by molar-refractivity contribution is 6.32. The summed E-state index contributed by atoms with van der Waals surface area (Å²) in [6.07, 6.45) is 2.47. The van der Waals surface area contributed by atoms with Crippen molar-refractivity contribution in [2.24, 2.45) is 0 Å². The number of rotatable bonds is 4. The SMILES string of the molecule is COc1cc(OC)c(CN2CCN(C)C3(CCNC(=O)CC3)C2)cc1Cl. The molecule has 144 valence electrons. The van der Waals surface area contributed by atoms with E-state index in [0.717, 1.165) is 56.9 Å². The highest BCUT2D eigenvalue weighted by atomic mass is 35.5. The van der Waals surface area contributed by atoms with Gasteiger partial charge in [-0.05, 0) is 26.0 Å². The average Bonchev–Trinajstić information content (AvgIpc) is 2.81. The summed E-state index contributed by atoms with van der Waals surface area (Å²) >= 11 is 6.33. The summed E-state index contributed by atoms with van der Waals surface area (Å²) in [5.41, 5.74) is 1.10. The van der Waals surface area contributed by atoms with Crippen molar-refractivity contribution in [3.8, 4) is 11.5 Å². The van der Waals surface area contributed by atoms with Gasteiger partial charge in [-0.2, -0.15) is 0 Å². The number of methoxy groups -OCH3 is 2. The van der Waals surface area contributed by atoms with Gasteiger partial charge in [0.15, 0.2) is 0 Å². The predicted octanol–water partition coefficient (Wildman–Crippen LogP) is 2.14. The molecular weight excluding hydrogens is 354 g/mol. The van der Waals surface area contributed by atoms with Crippen molar-refractivity contribution in [2.45, 2.75) is 31.3 Å². The quantitative estimate of drug-likeness (QED) is 0.866. The van der Waals surface area contributed by atoms with Crippen LogP contribution >= 0.6 is 11.6 Å². The Morgan fingerprint density at radius 2 is 1.96 bits per heavy atom. The van der Waals surface area contributed by atoms with Crippen LogP contribution in [0.1, 0.15) is 24.8 Å². The number of nitrogens with zero attached hydrogens (tertiary/aromatic N) is 2. The van der Waals surface area contributed by atoms with Gasteiger partial charge in [0.1, 0.15) is 11.5 Å². The average molecular weight is 382 g/mol. The number of hydrogen-bond acceptors (Lipinski definition) is 5. The van der Waals surface area contributed by atoms with Gasteiger partial charge in [-0.3, -0.25) is 14.6 Å². The molecule has 2 aliphatic rings. The zero-order valence-corrected chi connectivity index (χ0v) is 16.6. The van der Waals surface area contributed by atoms with Gasteiger partial charge in [0.25, 0.3) is 0 Å². The molecule has 6 nitrogen and oxygen atoms in total. The Hall–Kier alpha value is -1.50. The van der Waals surface area contributed by atoms with E-state index < -0.39 is 0 Å². The smallest absolute Gasteiger partial charge is 0.220 e. The lowest BCUT2D eigenvalue weighted by atomic mass is 9.86. The summed E-state index contributed by atoms with van der Waals surface area (Å²) in [5.74, 6) is 1.57. The zero-order chi connectivity index (χ0) is 18.7. The molecular formula is C19H28ClN3O3. The molecule has 1 amide bonds. The van der Waals surface area contributed by atoms with Crippen molar-refractivity contribution in [3.63, 3.8) is 0 Å². The summed E-state index contributed by atoms with van der Waals surface area (Å²) in [6.45, 7) is 4.41. The topological polar surface area (TPSA) is 54.0 Å². The van der Waals surface area contributed by atoms with Gasteiger partial charge in [-0.25, -0.2) is 0 Å². The Morgan fingerprint density at radius 3 is 2.69 bits per heavy atom. The summed E-state index contributed by atoms with van der Waals surface area (Å²) in [6, 6.07) is 3.78. The second-order valence-electron chi connectivity index (χ2n) is 7.26. The van der Waals surface area contributed by atoms with Crippen LogP contribution in [-0.2, 0) is 11.3 Å². The minimum atomic E-state index is 0.0426. The third-order valence-electron chi connectivity index (χ3n) is 5.76. The summed E-state index contributed by atoms with van der Waals surface area (Å²) in [7, 11) is 5.45. The highest BCUT2D eigenvalue weighted by Gasteiger charge is 2.40. The van der Waals surface area contributed by atoms with Gasteiger partial charge in [-0.1, -0.05) is 11.6 Å². The van der Waals surface area contributed by atoms with Gasteiger partial charge in [0, 0.05) is 56.3 Å². The lowest BCUT2D eigenvalue weighted by Crippen LogP contribution is -2.60. The van der Waals surface area contributed by atoms with E-state index in [2.05, 4.69) is 22.2 Å². The van der Waals surface area contributed by atoms with E-state index in [-0.39, 0.29) is 11.4 Å². The Labute approximate surface area is 160 Å². The van der Waals surface area contributed by atoms with Crippen LogP contribution in [-0.4, -0.2) is 68.7 Å². The Balaban J connectivity index is 1.78. The first-order valence-corrected chi connectivity index (χ1v) is 9.46. The molecule has 7 heteroatoms. The Kier molecular flexibility index (Phi) is 5.95. The molecule has 1 aromatic carbocycles. The maximum Gasteiger partial charge on any atom is 0.220 e. The molecule has 2 aliphatic heterocycles. The molecule has 0 aromatic heterocycles. The summed E-state index contributed by atoms with van der Waals surface area (Å²) in [5, 5.41) is 3.60. The van der Waals surface area contributed by atoms with E-state index in [4.69, 9.17) is 21.1 Å². The number of carbonyl (C=O) groups is 1. The molecule has 0 radical (unpaired) electrons. The second kappa shape index (κ2) is 8.03. The minimum absolute atomic E-state index is 0.0426.